The van der Waals surface area contributed by atoms with Crippen LogP contribution in [0.15, 0.2) is 61.2 Å². The third kappa shape index (κ3) is 6.55. The number of sulfonamides is 1. The Balaban J connectivity index is 1.64. The summed E-state index contributed by atoms with van der Waals surface area (Å²) in [6.07, 6.45) is 1.99. The Hall–Kier alpha value is -2.88. The van der Waals surface area contributed by atoms with Crippen LogP contribution < -0.4 is 10.0 Å². The zero-order valence-electron chi connectivity index (χ0n) is 16.9. The maximum atomic E-state index is 13.1. The van der Waals surface area contributed by atoms with Crippen LogP contribution in [0.25, 0.3) is 0 Å². The first-order chi connectivity index (χ1) is 14.8. The SMILES string of the molecule is C=CCNS(=O)(=O)Cc1ccc(NC(=O)c2sc(Cc3ccc(F)cc3)nc2C)cc1. The summed E-state index contributed by atoms with van der Waals surface area (Å²) in [5, 5.41) is 3.58. The van der Waals surface area contributed by atoms with Gasteiger partial charge in [-0.15, -0.1) is 17.9 Å². The molecule has 1 heterocycles. The molecule has 31 heavy (non-hydrogen) atoms. The van der Waals surface area contributed by atoms with Gasteiger partial charge in [-0.1, -0.05) is 30.3 Å². The van der Waals surface area contributed by atoms with Crippen molar-refractivity contribution < 1.29 is 17.6 Å². The number of carbonyl (C=O) groups is 1. The van der Waals surface area contributed by atoms with Gasteiger partial charge in [0.05, 0.1) is 16.5 Å². The second-order valence-electron chi connectivity index (χ2n) is 6.87. The van der Waals surface area contributed by atoms with Crippen LogP contribution in [-0.2, 0) is 22.2 Å². The fraction of sp³-hybridized carbons (Fsp3) is 0.182. The molecule has 3 aromatic rings. The standard InChI is InChI=1S/C22H22FN3O3S2/c1-3-12-24-31(28,29)14-17-6-10-19(11-7-17)26-22(27)21-15(2)25-20(30-21)13-16-4-8-18(23)9-5-16/h3-11,24H,1,12-14H2,2H3,(H,26,27). The van der Waals surface area contributed by atoms with Crippen LogP contribution in [0.2, 0.25) is 0 Å². The van der Waals surface area contributed by atoms with E-state index in [1.807, 2.05) is 0 Å². The van der Waals surface area contributed by atoms with Gasteiger partial charge in [0, 0.05) is 18.7 Å². The van der Waals surface area contributed by atoms with Crippen molar-refractivity contribution in [3.8, 4) is 0 Å². The maximum Gasteiger partial charge on any atom is 0.267 e. The Morgan fingerprint density at radius 2 is 1.77 bits per heavy atom. The molecule has 0 atom stereocenters. The number of halogens is 1. The van der Waals surface area contributed by atoms with Crippen molar-refractivity contribution in [1.82, 2.24) is 9.71 Å². The lowest BCUT2D eigenvalue weighted by Gasteiger charge is -2.07. The number of thiazole rings is 1. The van der Waals surface area contributed by atoms with Gasteiger partial charge in [0.2, 0.25) is 10.0 Å². The fourth-order valence-electron chi connectivity index (χ4n) is 2.84. The van der Waals surface area contributed by atoms with Crippen LogP contribution in [0.1, 0.15) is 31.5 Å². The summed E-state index contributed by atoms with van der Waals surface area (Å²) in [6.45, 7) is 5.42. The lowest BCUT2D eigenvalue weighted by Crippen LogP contribution is -2.25. The summed E-state index contributed by atoms with van der Waals surface area (Å²) in [4.78, 5) is 17.6. The van der Waals surface area contributed by atoms with Crippen LogP contribution in [0.3, 0.4) is 0 Å². The molecular formula is C22H22FN3O3S2. The highest BCUT2D eigenvalue weighted by Crippen LogP contribution is 2.23. The van der Waals surface area contributed by atoms with Gasteiger partial charge >= 0.3 is 0 Å². The molecule has 0 saturated carbocycles. The predicted molar refractivity (Wildman–Crippen MR) is 121 cm³/mol. The van der Waals surface area contributed by atoms with E-state index in [2.05, 4.69) is 21.6 Å². The van der Waals surface area contributed by atoms with E-state index in [1.165, 1.54) is 29.5 Å². The number of nitrogens with zero attached hydrogens (tertiary/aromatic N) is 1. The van der Waals surface area contributed by atoms with Gasteiger partial charge in [0.15, 0.2) is 0 Å². The van der Waals surface area contributed by atoms with Crippen molar-refractivity contribution >= 4 is 33.0 Å². The maximum absolute atomic E-state index is 13.1. The van der Waals surface area contributed by atoms with Crippen LogP contribution in [-0.4, -0.2) is 25.9 Å². The summed E-state index contributed by atoms with van der Waals surface area (Å²) in [6, 6.07) is 12.8. The van der Waals surface area contributed by atoms with Crippen molar-refractivity contribution in [3.05, 3.63) is 93.7 Å². The van der Waals surface area contributed by atoms with Gasteiger partial charge in [-0.3, -0.25) is 4.79 Å². The van der Waals surface area contributed by atoms with Crippen molar-refractivity contribution in [2.45, 2.75) is 19.1 Å². The number of aryl methyl sites for hydroxylation is 1. The van der Waals surface area contributed by atoms with Gasteiger partial charge in [-0.05, 0) is 42.3 Å². The lowest BCUT2D eigenvalue weighted by molar-refractivity contribution is 0.103. The number of rotatable bonds is 9. The number of nitrogens with one attached hydrogen (secondary N) is 2. The normalized spacial score (nSPS) is 11.3. The van der Waals surface area contributed by atoms with E-state index in [0.717, 1.165) is 10.6 Å². The third-order valence-corrected chi connectivity index (χ3v) is 6.81. The van der Waals surface area contributed by atoms with Gasteiger partial charge in [-0.25, -0.2) is 22.5 Å². The number of hydrogen-bond donors (Lipinski definition) is 2. The highest BCUT2D eigenvalue weighted by Gasteiger charge is 2.16. The molecule has 0 fully saturated rings. The highest BCUT2D eigenvalue weighted by molar-refractivity contribution is 7.88. The molecular weight excluding hydrogens is 437 g/mol. The van der Waals surface area contributed by atoms with Crippen LogP contribution in [0.4, 0.5) is 10.1 Å². The highest BCUT2D eigenvalue weighted by atomic mass is 32.2. The molecule has 6 nitrogen and oxygen atoms in total. The van der Waals surface area contributed by atoms with Crippen molar-refractivity contribution in [2.75, 3.05) is 11.9 Å². The van der Waals surface area contributed by atoms with Gasteiger partial charge in [0.25, 0.3) is 5.91 Å². The number of carbonyl (C=O) groups excluding carboxylic acids is 1. The van der Waals surface area contributed by atoms with Crippen molar-refractivity contribution in [1.29, 1.82) is 0 Å². The number of amides is 1. The molecule has 9 heteroatoms. The molecule has 162 valence electrons. The van der Waals surface area contributed by atoms with Crippen LogP contribution >= 0.6 is 11.3 Å². The number of anilines is 1. The Morgan fingerprint density at radius 1 is 1.13 bits per heavy atom. The smallest absolute Gasteiger partial charge is 0.267 e. The molecule has 0 aliphatic rings. The van der Waals surface area contributed by atoms with E-state index in [-0.39, 0.29) is 24.0 Å². The van der Waals surface area contributed by atoms with E-state index in [9.17, 15) is 17.6 Å². The average Bonchev–Trinajstić information content (AvgIpc) is 3.09. The van der Waals surface area contributed by atoms with Gasteiger partial charge in [0.1, 0.15) is 10.7 Å². The first kappa shape index (κ1) is 22.8. The summed E-state index contributed by atoms with van der Waals surface area (Å²) in [5.74, 6) is -0.736. The molecule has 2 N–H and O–H groups in total. The number of benzene rings is 2. The second-order valence-corrected chi connectivity index (χ2v) is 9.76. The molecule has 0 aliphatic carbocycles. The molecule has 1 aromatic heterocycles. The zero-order valence-corrected chi connectivity index (χ0v) is 18.5. The summed E-state index contributed by atoms with van der Waals surface area (Å²) < 4.78 is 39.4. The molecule has 1 amide bonds. The quantitative estimate of drug-likeness (QED) is 0.473. The molecule has 0 spiro atoms. The summed E-state index contributed by atoms with van der Waals surface area (Å²) >= 11 is 1.29. The van der Waals surface area contributed by atoms with E-state index < -0.39 is 10.0 Å². The summed E-state index contributed by atoms with van der Waals surface area (Å²) in [7, 11) is -3.44. The minimum Gasteiger partial charge on any atom is -0.321 e. The van der Waals surface area contributed by atoms with Crippen LogP contribution in [0, 0.1) is 12.7 Å². The van der Waals surface area contributed by atoms with Crippen molar-refractivity contribution in [2.24, 2.45) is 0 Å². The lowest BCUT2D eigenvalue weighted by atomic mass is 10.1. The zero-order chi connectivity index (χ0) is 22.4. The molecule has 2 aromatic carbocycles. The summed E-state index contributed by atoms with van der Waals surface area (Å²) in [5.41, 5.74) is 2.69. The minimum atomic E-state index is -3.44. The second kappa shape index (κ2) is 9.95. The molecule has 0 aliphatic heterocycles. The Bertz CT molecular complexity index is 1170. The minimum absolute atomic E-state index is 0.157. The van der Waals surface area contributed by atoms with Gasteiger partial charge < -0.3 is 5.32 Å². The van der Waals surface area contributed by atoms with E-state index in [1.54, 1.807) is 43.3 Å². The Labute approximate surface area is 184 Å². The fourth-order valence-corrected chi connectivity index (χ4v) is 4.94. The molecule has 0 saturated heterocycles. The largest absolute Gasteiger partial charge is 0.321 e. The molecule has 0 unspecified atom stereocenters. The average molecular weight is 460 g/mol. The molecule has 0 radical (unpaired) electrons. The topological polar surface area (TPSA) is 88.2 Å². The third-order valence-electron chi connectivity index (χ3n) is 4.33. The first-order valence-electron chi connectivity index (χ1n) is 9.45. The monoisotopic (exact) mass is 459 g/mol. The molecule has 3 rings (SSSR count). The van der Waals surface area contributed by atoms with E-state index in [0.29, 0.717) is 28.2 Å². The van der Waals surface area contributed by atoms with Crippen molar-refractivity contribution in [3.63, 3.8) is 0 Å². The Morgan fingerprint density at radius 3 is 2.42 bits per heavy atom. The van der Waals surface area contributed by atoms with E-state index in [4.69, 9.17) is 0 Å². The number of hydrogen-bond acceptors (Lipinski definition) is 5. The van der Waals surface area contributed by atoms with Crippen LogP contribution in [0.5, 0.6) is 0 Å². The van der Waals surface area contributed by atoms with Gasteiger partial charge in [-0.2, -0.15) is 0 Å². The van der Waals surface area contributed by atoms with E-state index >= 15 is 0 Å². The number of aromatic nitrogens is 1. The Kier molecular flexibility index (Phi) is 7.32. The first-order valence-corrected chi connectivity index (χ1v) is 11.9. The molecule has 0 bridgehead atoms. The predicted octanol–water partition coefficient (Wildman–Crippen LogP) is 4.04.